The number of amides is 6. The Labute approximate surface area is 413 Å². The lowest BCUT2D eigenvalue weighted by Gasteiger charge is -2.48. The van der Waals surface area contributed by atoms with Gasteiger partial charge in [0.05, 0.1) is 38.8 Å². The highest BCUT2D eigenvalue weighted by molar-refractivity contribution is 6.31. The van der Waals surface area contributed by atoms with Crippen molar-refractivity contribution in [3.63, 3.8) is 0 Å². The predicted molar refractivity (Wildman–Crippen MR) is 243 cm³/mol. The molecule has 0 radical (unpaired) electrons. The first-order valence-electron chi connectivity index (χ1n) is 21.0. The number of fused-ring (bicyclic) bond motifs is 1. The molecule has 0 spiro atoms. The minimum absolute atomic E-state index is 0.0255. The molecule has 3 aliphatic rings. The number of nitrogens with zero attached hydrogens (tertiary/aromatic N) is 7. The summed E-state index contributed by atoms with van der Waals surface area (Å²) in [7, 11) is 0. The van der Waals surface area contributed by atoms with Crippen LogP contribution in [-0.4, -0.2) is 97.4 Å². The van der Waals surface area contributed by atoms with E-state index in [0.717, 1.165) is 80.5 Å². The molecule has 2 aromatic heterocycles. The number of nitrogens with two attached hydrogens (primary N) is 3. The zero-order chi connectivity index (χ0) is 53.2. The third-order valence-electron chi connectivity index (χ3n) is 11.9. The van der Waals surface area contributed by atoms with Gasteiger partial charge in [-0.1, -0.05) is 59.6 Å². The zero-order valence-electron chi connectivity index (χ0n) is 37.6. The van der Waals surface area contributed by atoms with Gasteiger partial charge in [0.15, 0.2) is 23.3 Å². The van der Waals surface area contributed by atoms with Crippen LogP contribution in [0.3, 0.4) is 0 Å². The van der Waals surface area contributed by atoms with Gasteiger partial charge in [0.25, 0.3) is 23.6 Å². The number of imide groups is 1. The Morgan fingerprint density at radius 3 is 1.31 bits per heavy atom. The van der Waals surface area contributed by atoms with E-state index in [4.69, 9.17) is 28.9 Å². The molecule has 3 aliphatic heterocycles. The fourth-order valence-electron chi connectivity index (χ4n) is 8.03. The Balaban J connectivity index is 0.000000237. The summed E-state index contributed by atoms with van der Waals surface area (Å²) >= 11 is 11.5. The van der Waals surface area contributed by atoms with Crippen molar-refractivity contribution in [2.24, 2.45) is 17.4 Å². The summed E-state index contributed by atoms with van der Waals surface area (Å²) in [6.07, 6.45) is -6.83. The smallest absolute Gasteiger partial charge is 0.328 e. The number of rotatable bonds is 9. The van der Waals surface area contributed by atoms with Gasteiger partial charge < -0.3 is 15.5 Å². The van der Waals surface area contributed by atoms with Gasteiger partial charge in [-0.05, 0) is 73.5 Å². The van der Waals surface area contributed by atoms with Crippen LogP contribution in [-0.2, 0) is 44.6 Å². The third-order valence-corrected chi connectivity index (χ3v) is 12.3. The number of pyridine rings is 2. The molecule has 72 heavy (non-hydrogen) atoms. The number of piperazine rings is 2. The maximum absolute atomic E-state index is 14.8. The van der Waals surface area contributed by atoms with E-state index < -0.39 is 107 Å². The normalized spacial score (nSPS) is 19.3. The fraction of sp³-hybridized carbons (Fsp3) is 0.261. The minimum atomic E-state index is -4.58. The number of anilines is 2. The molecular weight excluding hydrogens is 1010 g/mol. The maximum atomic E-state index is 14.8. The summed E-state index contributed by atoms with van der Waals surface area (Å²) < 4.78 is 107. The SMILES string of the molecule is CC1(CN)C(=O)N(c2ncc(Cl)cc2F)CC(=O)N1Cc1ccc(C(F)(F)F)cc1.CC1(CN2C(=O)c3ccccc3C2=O)C(=O)N(c2ncc(Cl)cc2F)CC(=O)N1Cc1ccc(C(F)(F)F)cc1.NN. The second kappa shape index (κ2) is 20.9. The van der Waals surface area contributed by atoms with E-state index in [0.29, 0.717) is 5.56 Å². The van der Waals surface area contributed by atoms with Crippen molar-refractivity contribution in [1.82, 2.24) is 24.7 Å². The van der Waals surface area contributed by atoms with Crippen molar-refractivity contribution < 1.29 is 63.9 Å². The minimum Gasteiger partial charge on any atom is -0.328 e. The second-order valence-electron chi connectivity index (χ2n) is 16.5. The molecule has 380 valence electrons. The van der Waals surface area contributed by atoms with Crippen LogP contribution in [0.4, 0.5) is 46.8 Å². The van der Waals surface area contributed by atoms with Gasteiger partial charge in [0, 0.05) is 32.0 Å². The molecule has 8 rings (SSSR count). The average molecular weight is 1050 g/mol. The summed E-state index contributed by atoms with van der Waals surface area (Å²) in [5.41, 5.74) is 1.43. The fourth-order valence-corrected chi connectivity index (χ4v) is 8.32. The highest BCUT2D eigenvalue weighted by Crippen LogP contribution is 2.36. The molecule has 26 heteroatoms. The molecule has 2 unspecified atom stereocenters. The largest absolute Gasteiger partial charge is 0.416 e. The Morgan fingerprint density at radius 2 is 0.958 bits per heavy atom. The first kappa shape index (κ1) is 54.2. The van der Waals surface area contributed by atoms with Crippen molar-refractivity contribution >= 4 is 70.3 Å². The van der Waals surface area contributed by atoms with Crippen LogP contribution < -0.4 is 27.2 Å². The van der Waals surface area contributed by atoms with Crippen molar-refractivity contribution in [3.8, 4) is 0 Å². The number of hydrogen-bond acceptors (Lipinski definition) is 11. The quantitative estimate of drug-likeness (QED) is 0.0660. The van der Waals surface area contributed by atoms with E-state index in [2.05, 4.69) is 21.7 Å². The third kappa shape index (κ3) is 10.7. The lowest BCUT2D eigenvalue weighted by Crippen LogP contribution is -2.70. The Bertz CT molecular complexity index is 2900. The molecule has 16 nitrogen and oxygen atoms in total. The average Bonchev–Trinajstić information content (AvgIpc) is 3.57. The van der Waals surface area contributed by atoms with E-state index in [1.807, 2.05) is 0 Å². The van der Waals surface area contributed by atoms with Gasteiger partial charge in [0.1, 0.15) is 24.2 Å². The number of aromatic nitrogens is 2. The molecule has 2 fully saturated rings. The summed E-state index contributed by atoms with van der Waals surface area (Å²) in [5, 5.41) is -0.0210. The van der Waals surface area contributed by atoms with Gasteiger partial charge in [0.2, 0.25) is 11.8 Å². The van der Waals surface area contributed by atoms with Crippen molar-refractivity contribution in [2.75, 3.05) is 36.0 Å². The van der Waals surface area contributed by atoms with E-state index in [9.17, 15) is 63.9 Å². The Hall–Kier alpha value is -7.12. The monoisotopic (exact) mass is 1050 g/mol. The molecule has 5 aromatic rings. The summed E-state index contributed by atoms with van der Waals surface area (Å²) in [5.74, 6) is 1.14. The van der Waals surface area contributed by atoms with Crippen LogP contribution in [0.2, 0.25) is 10.0 Å². The summed E-state index contributed by atoms with van der Waals surface area (Å²) in [4.78, 5) is 92.1. The van der Waals surface area contributed by atoms with E-state index in [1.54, 1.807) is 12.1 Å². The van der Waals surface area contributed by atoms with Gasteiger partial charge >= 0.3 is 12.4 Å². The number of benzene rings is 3. The van der Waals surface area contributed by atoms with Gasteiger partial charge in [-0.15, -0.1) is 0 Å². The maximum Gasteiger partial charge on any atom is 0.416 e. The Morgan fingerprint density at radius 1 is 0.597 bits per heavy atom. The molecule has 0 saturated carbocycles. The van der Waals surface area contributed by atoms with Crippen LogP contribution >= 0.6 is 23.2 Å². The summed E-state index contributed by atoms with van der Waals surface area (Å²) in [6.45, 7) is 0.217. The molecular formula is C46H40Cl2F8N10O6. The van der Waals surface area contributed by atoms with Crippen LogP contribution in [0.1, 0.15) is 56.8 Å². The zero-order valence-corrected chi connectivity index (χ0v) is 39.1. The lowest BCUT2D eigenvalue weighted by molar-refractivity contribution is -0.151. The summed E-state index contributed by atoms with van der Waals surface area (Å²) in [6, 6.07) is 16.2. The molecule has 6 amide bonds. The van der Waals surface area contributed by atoms with Crippen LogP contribution in [0, 0.1) is 11.6 Å². The molecule has 6 N–H and O–H groups in total. The number of halogens is 10. The Kier molecular flexibility index (Phi) is 15.8. The molecule has 0 bridgehead atoms. The number of alkyl halides is 6. The predicted octanol–water partition coefficient (Wildman–Crippen LogP) is 6.13. The lowest BCUT2D eigenvalue weighted by atomic mass is 9.92. The van der Waals surface area contributed by atoms with E-state index in [-0.39, 0.29) is 52.2 Å². The van der Waals surface area contributed by atoms with Gasteiger partial charge in [-0.2, -0.15) is 26.3 Å². The molecule has 2 saturated heterocycles. The van der Waals surface area contributed by atoms with Crippen molar-refractivity contribution in [1.29, 1.82) is 0 Å². The van der Waals surface area contributed by atoms with Crippen LogP contribution in [0.15, 0.2) is 97.3 Å². The van der Waals surface area contributed by atoms with Crippen LogP contribution in [0.5, 0.6) is 0 Å². The number of hydrazine groups is 1. The first-order chi connectivity index (χ1) is 33.8. The van der Waals surface area contributed by atoms with E-state index in [1.165, 1.54) is 43.0 Å². The molecule has 5 heterocycles. The number of carbonyl (C=O) groups excluding carboxylic acids is 6. The second-order valence-corrected chi connectivity index (χ2v) is 17.4. The van der Waals surface area contributed by atoms with Crippen molar-refractivity contribution in [2.45, 2.75) is 50.4 Å². The first-order valence-corrected chi connectivity index (χ1v) is 21.7. The number of hydrogen-bond donors (Lipinski definition) is 3. The molecule has 0 aliphatic carbocycles. The number of carbonyl (C=O) groups is 6. The van der Waals surface area contributed by atoms with E-state index >= 15 is 0 Å². The van der Waals surface area contributed by atoms with Gasteiger partial charge in [-0.3, -0.25) is 55.2 Å². The molecule has 3 aromatic carbocycles. The highest BCUT2D eigenvalue weighted by atomic mass is 35.5. The van der Waals surface area contributed by atoms with Crippen LogP contribution in [0.25, 0.3) is 0 Å². The standard InChI is InChI=1S/C27H19ClF4N4O4.C19H17ClF4N4O2.H4N2/c1-26(14-35-23(38)18-4-2-3-5-19(18)24(35)39)25(40)34(22-20(29)10-17(28)11-33-22)13-21(37)36(26)12-15-6-8-16(9-7-15)27(30,31)32;1-18(10-25)17(30)27(16-14(21)6-13(20)7-26-16)9-15(29)28(18)8-11-2-4-12(5-3-11)19(22,23)24;1-2/h2-11H,12-14H2,1H3;2-7H,8-10,25H2,1H3;1-2H2. The highest BCUT2D eigenvalue weighted by Gasteiger charge is 2.54. The van der Waals surface area contributed by atoms with Gasteiger partial charge in [-0.25, -0.2) is 18.7 Å². The van der Waals surface area contributed by atoms with Crippen molar-refractivity contribution in [3.05, 3.63) is 152 Å². The molecule has 2 atom stereocenters. The topological polar surface area (TPSA) is 222 Å².